The predicted molar refractivity (Wildman–Crippen MR) is 69.4 cm³/mol. The first-order valence-corrected chi connectivity index (χ1v) is 6.43. The number of nitrogens with one attached hydrogen (secondary N) is 1. The van der Waals surface area contributed by atoms with Crippen LogP contribution in [0.25, 0.3) is 0 Å². The molecule has 0 saturated carbocycles. The molecule has 0 heterocycles. The second-order valence-electron chi connectivity index (χ2n) is 4.57. The number of unbranched alkanes of at least 4 members (excludes halogenated alkanes) is 1. The van der Waals surface area contributed by atoms with Crippen LogP contribution >= 0.6 is 0 Å². The summed E-state index contributed by atoms with van der Waals surface area (Å²) in [6, 6.07) is 4.56. The number of rotatable bonds is 7. The number of benzene rings is 1. The summed E-state index contributed by atoms with van der Waals surface area (Å²) in [7, 11) is 0. The predicted octanol–water partition coefficient (Wildman–Crippen LogP) is 2.97. The van der Waals surface area contributed by atoms with Gasteiger partial charge in [-0.3, -0.25) is 9.59 Å². The highest BCUT2D eigenvalue weighted by molar-refractivity contribution is 5.75. The van der Waals surface area contributed by atoms with Crippen molar-refractivity contribution in [3.8, 4) is 0 Å². The van der Waals surface area contributed by atoms with Gasteiger partial charge in [0, 0.05) is 19.4 Å². The second-order valence-corrected chi connectivity index (χ2v) is 4.57. The lowest BCUT2D eigenvalue weighted by molar-refractivity contribution is -0.138. The molecule has 0 spiro atoms. The summed E-state index contributed by atoms with van der Waals surface area (Å²) >= 11 is 0. The second kappa shape index (κ2) is 7.66. The van der Waals surface area contributed by atoms with Gasteiger partial charge in [-0.2, -0.15) is 13.2 Å². The smallest absolute Gasteiger partial charge is 0.416 e. The van der Waals surface area contributed by atoms with Crippen molar-refractivity contribution in [1.29, 1.82) is 0 Å². The number of carbonyl (C=O) groups is 2. The monoisotopic (exact) mass is 303 g/mol. The molecule has 0 bridgehead atoms. The fraction of sp³-hybridized carbons (Fsp3) is 0.429. The molecule has 1 amide bonds. The van der Waals surface area contributed by atoms with Crippen LogP contribution in [-0.4, -0.2) is 17.0 Å². The maximum absolute atomic E-state index is 12.4. The van der Waals surface area contributed by atoms with Gasteiger partial charge < -0.3 is 10.4 Å². The van der Waals surface area contributed by atoms with Crippen molar-refractivity contribution < 1.29 is 27.9 Å². The number of halogens is 3. The minimum Gasteiger partial charge on any atom is -0.481 e. The molecule has 0 atom stereocenters. The van der Waals surface area contributed by atoms with E-state index in [4.69, 9.17) is 5.11 Å². The van der Waals surface area contributed by atoms with Crippen LogP contribution in [0.15, 0.2) is 24.3 Å². The van der Waals surface area contributed by atoms with Crippen molar-refractivity contribution in [2.24, 2.45) is 0 Å². The lowest BCUT2D eigenvalue weighted by atomic mass is 10.1. The summed E-state index contributed by atoms with van der Waals surface area (Å²) in [5.41, 5.74) is -0.159. The van der Waals surface area contributed by atoms with Crippen molar-refractivity contribution in [2.75, 3.05) is 0 Å². The first-order chi connectivity index (χ1) is 9.79. The largest absolute Gasteiger partial charge is 0.481 e. The van der Waals surface area contributed by atoms with E-state index in [1.165, 1.54) is 12.1 Å². The summed E-state index contributed by atoms with van der Waals surface area (Å²) in [5, 5.41) is 11.0. The molecule has 7 heteroatoms. The van der Waals surface area contributed by atoms with E-state index >= 15 is 0 Å². The fourth-order valence-corrected chi connectivity index (χ4v) is 1.66. The Hall–Kier alpha value is -2.05. The summed E-state index contributed by atoms with van der Waals surface area (Å²) in [4.78, 5) is 21.7. The Morgan fingerprint density at radius 3 is 2.14 bits per heavy atom. The number of alkyl halides is 3. The normalized spacial score (nSPS) is 11.2. The Bertz CT molecular complexity index is 483. The molecule has 0 radical (unpaired) electrons. The molecule has 0 aliphatic heterocycles. The molecule has 0 aliphatic carbocycles. The van der Waals surface area contributed by atoms with Gasteiger partial charge in [0.25, 0.3) is 0 Å². The van der Waals surface area contributed by atoms with E-state index in [-0.39, 0.29) is 25.3 Å². The zero-order chi connectivity index (χ0) is 15.9. The van der Waals surface area contributed by atoms with Crippen molar-refractivity contribution in [3.63, 3.8) is 0 Å². The Morgan fingerprint density at radius 1 is 1.05 bits per heavy atom. The molecule has 116 valence electrons. The lowest BCUT2D eigenvalue weighted by Gasteiger charge is -2.08. The maximum Gasteiger partial charge on any atom is 0.416 e. The van der Waals surface area contributed by atoms with Gasteiger partial charge >= 0.3 is 12.1 Å². The Morgan fingerprint density at radius 2 is 1.62 bits per heavy atom. The zero-order valence-electron chi connectivity index (χ0n) is 11.2. The van der Waals surface area contributed by atoms with E-state index in [1.807, 2.05) is 0 Å². The molecule has 1 aromatic carbocycles. The highest BCUT2D eigenvalue weighted by Gasteiger charge is 2.29. The standard InChI is InChI=1S/C14H16F3NO3/c15-14(16,17)11-7-5-10(6-8-11)9-18-12(19)3-1-2-4-13(20)21/h5-8H,1-4,9H2,(H,18,19)(H,20,21). The van der Waals surface area contributed by atoms with Crippen LogP contribution < -0.4 is 5.32 Å². The molecular formula is C14H16F3NO3. The highest BCUT2D eigenvalue weighted by Crippen LogP contribution is 2.28. The molecule has 1 aromatic rings. The van der Waals surface area contributed by atoms with Crippen LogP contribution in [0.5, 0.6) is 0 Å². The number of carboxylic acids is 1. The number of amides is 1. The zero-order valence-corrected chi connectivity index (χ0v) is 11.2. The van der Waals surface area contributed by atoms with Gasteiger partial charge in [0.1, 0.15) is 0 Å². The van der Waals surface area contributed by atoms with Crippen molar-refractivity contribution in [2.45, 2.75) is 38.4 Å². The molecule has 2 N–H and O–H groups in total. The summed E-state index contributed by atoms with van der Waals surface area (Å²) in [5.74, 6) is -1.15. The first-order valence-electron chi connectivity index (χ1n) is 6.43. The van der Waals surface area contributed by atoms with Gasteiger partial charge in [0.2, 0.25) is 5.91 Å². The third-order valence-corrected chi connectivity index (χ3v) is 2.82. The van der Waals surface area contributed by atoms with Crippen molar-refractivity contribution in [3.05, 3.63) is 35.4 Å². The van der Waals surface area contributed by atoms with E-state index in [1.54, 1.807) is 0 Å². The lowest BCUT2D eigenvalue weighted by Crippen LogP contribution is -2.22. The van der Waals surface area contributed by atoms with E-state index in [2.05, 4.69) is 5.32 Å². The van der Waals surface area contributed by atoms with Gasteiger partial charge in [-0.25, -0.2) is 0 Å². The van der Waals surface area contributed by atoms with Gasteiger partial charge in [-0.1, -0.05) is 12.1 Å². The van der Waals surface area contributed by atoms with Gasteiger partial charge in [0.05, 0.1) is 5.56 Å². The SMILES string of the molecule is O=C(O)CCCCC(=O)NCc1ccc(C(F)(F)F)cc1. The average molecular weight is 303 g/mol. The molecule has 0 aromatic heterocycles. The van der Waals surface area contributed by atoms with Crippen molar-refractivity contribution in [1.82, 2.24) is 5.32 Å². The Kier molecular flexibility index (Phi) is 6.20. The van der Waals surface area contributed by atoms with Crippen LogP contribution in [0, 0.1) is 0 Å². The molecule has 0 aliphatic rings. The van der Waals surface area contributed by atoms with Gasteiger partial charge in [0.15, 0.2) is 0 Å². The Labute approximate surface area is 120 Å². The number of hydrogen-bond acceptors (Lipinski definition) is 2. The third kappa shape index (κ3) is 6.78. The molecule has 1 rings (SSSR count). The van der Waals surface area contributed by atoms with Crippen LogP contribution in [-0.2, 0) is 22.3 Å². The fourth-order valence-electron chi connectivity index (χ4n) is 1.66. The molecule has 0 unspecified atom stereocenters. The van der Waals surface area contributed by atoms with E-state index in [0.717, 1.165) is 12.1 Å². The van der Waals surface area contributed by atoms with Crippen molar-refractivity contribution >= 4 is 11.9 Å². The van der Waals surface area contributed by atoms with Gasteiger partial charge in [-0.15, -0.1) is 0 Å². The van der Waals surface area contributed by atoms with Gasteiger partial charge in [-0.05, 0) is 30.5 Å². The molecule has 21 heavy (non-hydrogen) atoms. The first kappa shape index (κ1) is 17.0. The summed E-state index contributed by atoms with van der Waals surface area (Å²) in [6.07, 6.45) is -3.26. The average Bonchev–Trinajstić information content (AvgIpc) is 2.40. The Balaban J connectivity index is 2.31. The van der Waals surface area contributed by atoms with E-state index in [9.17, 15) is 22.8 Å². The third-order valence-electron chi connectivity index (χ3n) is 2.82. The molecule has 0 saturated heterocycles. The summed E-state index contributed by atoms with van der Waals surface area (Å²) < 4.78 is 37.1. The molecule has 0 fully saturated rings. The maximum atomic E-state index is 12.4. The van der Waals surface area contributed by atoms with Crippen LogP contribution in [0.3, 0.4) is 0 Å². The van der Waals surface area contributed by atoms with Crippen LogP contribution in [0.1, 0.15) is 36.8 Å². The highest BCUT2D eigenvalue weighted by atomic mass is 19.4. The minimum atomic E-state index is -4.37. The van der Waals surface area contributed by atoms with E-state index < -0.39 is 17.7 Å². The minimum absolute atomic E-state index is 0.0200. The molecule has 4 nitrogen and oxygen atoms in total. The number of aliphatic carboxylic acids is 1. The quantitative estimate of drug-likeness (QED) is 0.761. The molecular weight excluding hydrogens is 287 g/mol. The number of hydrogen-bond donors (Lipinski definition) is 2. The van der Waals surface area contributed by atoms with Crippen LogP contribution in [0.4, 0.5) is 13.2 Å². The number of carboxylic acid groups (broad SMARTS) is 1. The topological polar surface area (TPSA) is 66.4 Å². The number of carbonyl (C=O) groups excluding carboxylic acids is 1. The summed E-state index contributed by atoms with van der Waals surface area (Å²) in [6.45, 7) is 0.149. The van der Waals surface area contributed by atoms with Crippen LogP contribution in [0.2, 0.25) is 0 Å². The van der Waals surface area contributed by atoms with E-state index in [0.29, 0.717) is 18.4 Å².